The zero-order valence-electron chi connectivity index (χ0n) is 20.1. The summed E-state index contributed by atoms with van der Waals surface area (Å²) in [4.78, 5) is 22.7. The van der Waals surface area contributed by atoms with Crippen molar-refractivity contribution in [1.29, 1.82) is 0 Å². The number of carbonyl (C=O) groups excluding carboxylic acids is 1. The van der Waals surface area contributed by atoms with Crippen molar-refractivity contribution in [2.75, 3.05) is 13.2 Å². The second-order valence-electron chi connectivity index (χ2n) is 8.58. The van der Waals surface area contributed by atoms with Crippen LogP contribution in [0.3, 0.4) is 0 Å². The summed E-state index contributed by atoms with van der Waals surface area (Å²) in [6.45, 7) is -0.706. The molecule has 1 amide bonds. The molecular weight excluding hydrogens is 556 g/mol. The number of aliphatic hydroxyl groups is 5. The minimum Gasteiger partial charge on any atom is -0.455 e. The Morgan fingerprint density at radius 3 is 2.13 bits per heavy atom. The highest BCUT2D eigenvalue weighted by Gasteiger charge is 2.53. The maximum atomic E-state index is 12.0. The van der Waals surface area contributed by atoms with Crippen LogP contribution in [0.2, 0.25) is 0 Å². The first-order valence-electron chi connectivity index (χ1n) is 11.3. The van der Waals surface area contributed by atoms with E-state index in [1.165, 1.54) is 18.2 Å². The third-order valence-corrected chi connectivity index (χ3v) is 6.34. The van der Waals surface area contributed by atoms with Gasteiger partial charge < -0.3 is 49.8 Å². The molecule has 0 aliphatic carbocycles. The molecule has 2 heterocycles. The summed E-state index contributed by atoms with van der Waals surface area (Å²) in [7, 11) is -5.23. The fraction of sp³-hybridized carbons (Fsp3) is 0.650. The lowest BCUT2D eigenvalue weighted by molar-refractivity contribution is -0.387. The Kier molecular flexibility index (Phi) is 10.1. The fourth-order valence-corrected chi connectivity index (χ4v) is 4.63. The van der Waals surface area contributed by atoms with Crippen LogP contribution in [-0.4, -0.2) is 124 Å². The van der Waals surface area contributed by atoms with Gasteiger partial charge in [-0.2, -0.15) is 8.42 Å². The molecule has 0 aromatic heterocycles. The Labute approximate surface area is 220 Å². The number of hydrogen-bond acceptors (Lipinski definition) is 15. The molecule has 18 nitrogen and oxygen atoms in total. The molecule has 220 valence electrons. The first kappa shape index (κ1) is 31.0. The summed E-state index contributed by atoms with van der Waals surface area (Å²) >= 11 is 0. The van der Waals surface area contributed by atoms with Crippen molar-refractivity contribution in [2.45, 2.75) is 68.3 Å². The first-order chi connectivity index (χ1) is 18.3. The number of amides is 1. The third kappa shape index (κ3) is 7.35. The van der Waals surface area contributed by atoms with Crippen LogP contribution in [0.25, 0.3) is 0 Å². The van der Waals surface area contributed by atoms with Crippen LogP contribution in [0, 0.1) is 10.1 Å². The summed E-state index contributed by atoms with van der Waals surface area (Å²) in [5.74, 6) is -1.03. The highest BCUT2D eigenvalue weighted by atomic mass is 32.3. The van der Waals surface area contributed by atoms with E-state index in [4.69, 9.17) is 23.5 Å². The zero-order valence-corrected chi connectivity index (χ0v) is 20.9. The highest BCUT2D eigenvalue weighted by molar-refractivity contribution is 7.80. The molecule has 10 unspecified atom stereocenters. The number of nitrogens with zero attached hydrogens (tertiary/aromatic N) is 1. The van der Waals surface area contributed by atoms with Crippen LogP contribution >= 0.6 is 0 Å². The molecule has 39 heavy (non-hydrogen) atoms. The van der Waals surface area contributed by atoms with Crippen molar-refractivity contribution in [3.05, 3.63) is 34.4 Å². The van der Waals surface area contributed by atoms with Crippen LogP contribution in [0.5, 0.6) is 5.75 Å². The Balaban J connectivity index is 1.97. The molecule has 2 fully saturated rings. The third-order valence-electron chi connectivity index (χ3n) is 5.87. The van der Waals surface area contributed by atoms with Crippen molar-refractivity contribution in [3.63, 3.8) is 0 Å². The maximum absolute atomic E-state index is 12.0. The van der Waals surface area contributed by atoms with Crippen LogP contribution < -0.4 is 10.1 Å². The van der Waals surface area contributed by atoms with Gasteiger partial charge in [-0.15, -0.1) is 0 Å². The van der Waals surface area contributed by atoms with Crippen LogP contribution in [0.1, 0.15) is 6.92 Å². The summed E-state index contributed by atoms with van der Waals surface area (Å²) < 4.78 is 58.0. The lowest BCUT2D eigenvalue weighted by Gasteiger charge is -2.47. The Bertz CT molecular complexity index is 1120. The number of nitro benzene ring substituents is 1. The highest BCUT2D eigenvalue weighted by Crippen LogP contribution is 2.33. The SMILES string of the molecule is CC(=O)NC1C(Oc2ccccc2[N+](=O)[O-])OC(CO)C(O)C1OC1OC(CO)C(O)C(OS(=O)(=O)O)C1O. The number of para-hydroxylation sites is 2. The van der Waals surface area contributed by atoms with Gasteiger partial charge in [-0.25, -0.2) is 4.18 Å². The lowest BCUT2D eigenvalue weighted by Crippen LogP contribution is -2.68. The van der Waals surface area contributed by atoms with Gasteiger partial charge in [-0.3, -0.25) is 19.5 Å². The molecule has 0 spiro atoms. The largest absolute Gasteiger partial charge is 0.455 e. The molecule has 10 atom stereocenters. The maximum Gasteiger partial charge on any atom is 0.397 e. The number of hydrogen-bond donors (Lipinski definition) is 7. The van der Waals surface area contributed by atoms with E-state index in [1.54, 1.807) is 0 Å². The normalized spacial score (nSPS) is 35.3. The van der Waals surface area contributed by atoms with Gasteiger partial charge in [0.15, 0.2) is 12.0 Å². The lowest BCUT2D eigenvalue weighted by atomic mass is 9.95. The predicted octanol–water partition coefficient (Wildman–Crippen LogP) is -3.43. The van der Waals surface area contributed by atoms with Gasteiger partial charge in [0, 0.05) is 13.0 Å². The Hall–Kier alpha value is -2.56. The van der Waals surface area contributed by atoms with E-state index in [1.807, 2.05) is 0 Å². The van der Waals surface area contributed by atoms with Gasteiger partial charge >= 0.3 is 16.1 Å². The van der Waals surface area contributed by atoms with Crippen LogP contribution in [0.4, 0.5) is 5.69 Å². The predicted molar refractivity (Wildman–Crippen MR) is 122 cm³/mol. The zero-order chi connectivity index (χ0) is 29.1. The van der Waals surface area contributed by atoms with E-state index in [9.17, 15) is 48.9 Å². The molecule has 0 bridgehead atoms. The van der Waals surface area contributed by atoms with Crippen molar-refractivity contribution in [1.82, 2.24) is 5.32 Å². The average Bonchev–Trinajstić information content (AvgIpc) is 2.86. The van der Waals surface area contributed by atoms with E-state index in [-0.39, 0.29) is 5.75 Å². The van der Waals surface area contributed by atoms with Gasteiger partial charge in [0.1, 0.15) is 48.8 Å². The minimum atomic E-state index is -5.23. The molecule has 1 aromatic carbocycles. The molecular formula is C20H28N2O16S. The molecule has 2 aliphatic rings. The number of aliphatic hydroxyl groups excluding tert-OH is 5. The van der Waals surface area contributed by atoms with E-state index in [2.05, 4.69) is 9.50 Å². The molecule has 19 heteroatoms. The van der Waals surface area contributed by atoms with Crippen molar-refractivity contribution < 1.29 is 71.4 Å². The summed E-state index contributed by atoms with van der Waals surface area (Å²) in [5, 5.41) is 64.8. The Morgan fingerprint density at radius 1 is 1.03 bits per heavy atom. The van der Waals surface area contributed by atoms with E-state index < -0.39 is 101 Å². The minimum absolute atomic E-state index is 0.311. The first-order valence-corrected chi connectivity index (χ1v) is 12.7. The van der Waals surface area contributed by atoms with Crippen molar-refractivity contribution in [2.24, 2.45) is 0 Å². The smallest absolute Gasteiger partial charge is 0.397 e. The second kappa shape index (κ2) is 12.7. The monoisotopic (exact) mass is 584 g/mol. The number of nitro groups is 1. The number of benzene rings is 1. The van der Waals surface area contributed by atoms with Gasteiger partial charge in [0.25, 0.3) is 0 Å². The number of carbonyl (C=O) groups is 1. The van der Waals surface area contributed by atoms with Crippen molar-refractivity contribution >= 4 is 22.0 Å². The fourth-order valence-electron chi connectivity index (χ4n) is 4.13. The standard InChI is InChI=1S/C20H28N2O16S/c1-8(25)21-13-17(37-20-16(28)18(38-39(31,32)33)15(27)12(7-24)36-20)14(26)11(6-23)35-19(13)34-10-5-3-2-4-9(10)22(29)30/h2-5,11-20,23-24,26-28H,6-7H2,1H3,(H,21,25)(H,31,32,33). The molecule has 0 saturated carbocycles. The van der Waals surface area contributed by atoms with Gasteiger partial charge in [0.05, 0.1) is 18.1 Å². The van der Waals surface area contributed by atoms with E-state index in [0.29, 0.717) is 0 Å². The number of rotatable bonds is 10. The molecule has 2 saturated heterocycles. The quantitative estimate of drug-likeness (QED) is 0.0800. The molecule has 3 rings (SSSR count). The van der Waals surface area contributed by atoms with Gasteiger partial charge in [-0.1, -0.05) is 12.1 Å². The van der Waals surface area contributed by atoms with E-state index in [0.717, 1.165) is 13.0 Å². The second-order valence-corrected chi connectivity index (χ2v) is 9.63. The molecule has 1 aromatic rings. The summed E-state index contributed by atoms with van der Waals surface area (Å²) in [6, 6.07) is 3.62. The van der Waals surface area contributed by atoms with Gasteiger partial charge in [-0.05, 0) is 6.07 Å². The van der Waals surface area contributed by atoms with Crippen LogP contribution in [-0.2, 0) is 33.6 Å². The average molecular weight is 585 g/mol. The van der Waals surface area contributed by atoms with Crippen LogP contribution in [0.15, 0.2) is 24.3 Å². The number of ether oxygens (including phenoxy) is 4. The van der Waals surface area contributed by atoms with Crippen molar-refractivity contribution in [3.8, 4) is 5.75 Å². The molecule has 7 N–H and O–H groups in total. The van der Waals surface area contributed by atoms with E-state index >= 15 is 0 Å². The number of nitrogens with one attached hydrogen (secondary N) is 1. The molecule has 0 radical (unpaired) electrons. The topological polar surface area (TPSA) is 274 Å². The summed E-state index contributed by atoms with van der Waals surface area (Å²) in [6.07, 6.45) is -16.4. The van der Waals surface area contributed by atoms with Gasteiger partial charge in [0.2, 0.25) is 12.2 Å². The molecule has 2 aliphatic heterocycles. The summed E-state index contributed by atoms with van der Waals surface area (Å²) in [5.41, 5.74) is -0.483. The Morgan fingerprint density at radius 2 is 1.59 bits per heavy atom.